The normalized spacial score (nSPS) is 11.4. The second kappa shape index (κ2) is 17.7. The zero-order chi connectivity index (χ0) is 34.4. The summed E-state index contributed by atoms with van der Waals surface area (Å²) in [5, 5.41) is 0.807. The van der Waals surface area contributed by atoms with Gasteiger partial charge in [-0.3, -0.25) is 18.9 Å². The summed E-state index contributed by atoms with van der Waals surface area (Å²) in [5.74, 6) is -1.96. The Kier molecular flexibility index (Phi) is 13.2. The zero-order valence-electron chi connectivity index (χ0n) is 27.1. The number of rotatable bonds is 17. The summed E-state index contributed by atoms with van der Waals surface area (Å²) in [7, 11) is -3.82. The fraction of sp³-hybridized carbons (Fsp3) is 0.231. The van der Waals surface area contributed by atoms with E-state index in [-0.39, 0.29) is 48.7 Å². The maximum Gasteiger partial charge on any atom is 0.338 e. The highest BCUT2D eigenvalue weighted by molar-refractivity contribution is 7.74. The molecule has 0 saturated carbocycles. The van der Waals surface area contributed by atoms with Gasteiger partial charge < -0.3 is 14.0 Å². The maximum atomic E-state index is 14.7. The Morgan fingerprint density at radius 2 is 1.23 bits per heavy atom. The Bertz CT molecular complexity index is 1720. The second-order valence-electron chi connectivity index (χ2n) is 11.0. The van der Waals surface area contributed by atoms with Crippen LogP contribution < -0.4 is 10.6 Å². The number of Topliss-reactive ketones (excluding diaryl/α,β-unsaturated/α-hetero) is 2. The molecule has 0 aliphatic heterocycles. The minimum Gasteiger partial charge on any atom is -0.462 e. The number of unbranched alkanes of at least 4 members (excludes halogenated alkanes) is 1. The van der Waals surface area contributed by atoms with Gasteiger partial charge in [-0.1, -0.05) is 86.1 Å². The molecular formula is C39H39O8P. The van der Waals surface area contributed by atoms with Crippen LogP contribution in [0.15, 0.2) is 121 Å². The van der Waals surface area contributed by atoms with Crippen LogP contribution in [0.25, 0.3) is 0 Å². The third kappa shape index (κ3) is 9.96. The lowest BCUT2D eigenvalue weighted by molar-refractivity contribution is -0.142. The summed E-state index contributed by atoms with van der Waals surface area (Å²) < 4.78 is 30.9. The van der Waals surface area contributed by atoms with E-state index in [1.807, 2.05) is 24.3 Å². The number of aryl methyl sites for hydroxylation is 1. The molecule has 0 aliphatic rings. The quantitative estimate of drug-likeness (QED) is 0.0286. The van der Waals surface area contributed by atoms with Gasteiger partial charge in [0, 0.05) is 24.5 Å². The number of ketones is 2. The highest BCUT2D eigenvalue weighted by Gasteiger charge is 2.33. The summed E-state index contributed by atoms with van der Waals surface area (Å²) >= 11 is 0. The van der Waals surface area contributed by atoms with Gasteiger partial charge in [0.1, 0.15) is 13.2 Å². The Balaban J connectivity index is 1.59. The van der Waals surface area contributed by atoms with Crippen LogP contribution in [-0.4, -0.2) is 36.7 Å². The van der Waals surface area contributed by atoms with E-state index in [1.165, 1.54) is 42.8 Å². The molecule has 48 heavy (non-hydrogen) atoms. The minimum atomic E-state index is -3.82. The first-order valence-corrected chi connectivity index (χ1v) is 17.5. The van der Waals surface area contributed by atoms with Gasteiger partial charge in [0.25, 0.3) is 0 Å². The zero-order valence-corrected chi connectivity index (χ0v) is 28.0. The number of esters is 2. The predicted molar refractivity (Wildman–Crippen MR) is 185 cm³/mol. The molecule has 0 aromatic heterocycles. The van der Waals surface area contributed by atoms with Gasteiger partial charge in [0.2, 0.25) is 5.78 Å². The number of carbonyl (C=O) groups excluding carboxylic acids is 4. The van der Waals surface area contributed by atoms with Crippen molar-refractivity contribution in [2.45, 2.75) is 46.0 Å². The summed E-state index contributed by atoms with van der Waals surface area (Å²) in [6.07, 6.45) is 4.90. The van der Waals surface area contributed by atoms with Crippen LogP contribution in [0.2, 0.25) is 0 Å². The van der Waals surface area contributed by atoms with Gasteiger partial charge in [-0.05, 0) is 67.3 Å². The molecule has 0 N–H and O–H groups in total. The third-order valence-electron chi connectivity index (χ3n) is 7.44. The van der Waals surface area contributed by atoms with Crippen LogP contribution in [0.3, 0.4) is 0 Å². The fourth-order valence-corrected chi connectivity index (χ4v) is 6.91. The molecule has 0 aliphatic carbocycles. The van der Waals surface area contributed by atoms with Crippen LogP contribution in [0, 0.1) is 0 Å². The van der Waals surface area contributed by atoms with Crippen LogP contribution in [-0.2, 0) is 29.8 Å². The fourth-order valence-electron chi connectivity index (χ4n) is 4.83. The Morgan fingerprint density at radius 1 is 0.688 bits per heavy atom. The number of carbonyl (C=O) groups is 4. The number of hydrogen-bond acceptors (Lipinski definition) is 8. The van der Waals surface area contributed by atoms with Crippen LogP contribution in [0.5, 0.6) is 0 Å². The number of ether oxygens (including phenoxy) is 2. The van der Waals surface area contributed by atoms with E-state index in [4.69, 9.17) is 14.0 Å². The molecule has 0 radical (unpaired) electrons. The first-order valence-electron chi connectivity index (χ1n) is 15.9. The first kappa shape index (κ1) is 35.8. The van der Waals surface area contributed by atoms with Crippen molar-refractivity contribution in [2.75, 3.05) is 13.2 Å². The molecule has 4 rings (SSSR count). The standard InChI is InChI=1S/C39H39O8P/c1-3-4-12-30-19-21-31(22-20-30)36(41)17-11-18-37(47-48(44,34-13-7-5-8-14-34)35-15-9-6-10-16-35)38(42)32-23-25-33(26-24-32)39(43)46-28-27-45-29(2)40/h5-10,13-16,18-26H,3-4,11-12,17,27-28H2,1-2H3/b37-18+. The van der Waals surface area contributed by atoms with E-state index < -0.39 is 25.1 Å². The lowest BCUT2D eigenvalue weighted by Crippen LogP contribution is -2.20. The van der Waals surface area contributed by atoms with Crippen molar-refractivity contribution in [2.24, 2.45) is 0 Å². The van der Waals surface area contributed by atoms with Crippen molar-refractivity contribution in [1.82, 2.24) is 0 Å². The summed E-state index contributed by atoms with van der Waals surface area (Å²) in [4.78, 5) is 50.4. The average Bonchev–Trinajstić information content (AvgIpc) is 3.12. The predicted octanol–water partition coefficient (Wildman–Crippen LogP) is 7.42. The summed E-state index contributed by atoms with van der Waals surface area (Å²) in [6, 6.07) is 30.7. The van der Waals surface area contributed by atoms with Crippen LogP contribution in [0.1, 0.15) is 76.2 Å². The van der Waals surface area contributed by atoms with Crippen molar-refractivity contribution in [3.05, 3.63) is 143 Å². The molecule has 0 fully saturated rings. The Hall–Kier alpha value is -5.07. The molecule has 4 aromatic carbocycles. The summed E-state index contributed by atoms with van der Waals surface area (Å²) in [6.45, 7) is 3.21. The molecule has 0 saturated heterocycles. The van der Waals surface area contributed by atoms with Crippen molar-refractivity contribution < 1.29 is 37.7 Å². The molecule has 0 unspecified atom stereocenters. The smallest absolute Gasteiger partial charge is 0.338 e. The highest BCUT2D eigenvalue weighted by Crippen LogP contribution is 2.47. The van der Waals surface area contributed by atoms with Crippen LogP contribution >= 0.6 is 7.37 Å². The van der Waals surface area contributed by atoms with E-state index in [0.717, 1.165) is 19.3 Å². The molecule has 9 heteroatoms. The Morgan fingerprint density at radius 3 is 1.79 bits per heavy atom. The maximum absolute atomic E-state index is 14.7. The summed E-state index contributed by atoms with van der Waals surface area (Å²) in [5.41, 5.74) is 2.12. The first-order chi connectivity index (χ1) is 23.2. The number of hydrogen-bond donors (Lipinski definition) is 0. The average molecular weight is 667 g/mol. The molecular weight excluding hydrogens is 627 g/mol. The van der Waals surface area contributed by atoms with Crippen LogP contribution in [0.4, 0.5) is 0 Å². The minimum absolute atomic E-state index is 0.0706. The molecule has 8 nitrogen and oxygen atoms in total. The second-order valence-corrected chi connectivity index (χ2v) is 13.3. The topological polar surface area (TPSA) is 113 Å². The van der Waals surface area contributed by atoms with E-state index >= 15 is 0 Å². The van der Waals surface area contributed by atoms with Gasteiger partial charge >= 0.3 is 19.3 Å². The lowest BCUT2D eigenvalue weighted by atomic mass is 10.0. The van der Waals surface area contributed by atoms with E-state index in [1.54, 1.807) is 60.7 Å². The molecule has 0 atom stereocenters. The molecule has 248 valence electrons. The Labute approximate surface area is 281 Å². The van der Waals surface area contributed by atoms with Crippen molar-refractivity contribution in [3.63, 3.8) is 0 Å². The van der Waals surface area contributed by atoms with E-state index in [0.29, 0.717) is 16.2 Å². The SMILES string of the molecule is CCCCc1ccc(C(=O)CC/C=C(/OP(=O)(c2ccccc2)c2ccccc2)C(=O)c2ccc(C(=O)OCCOC(C)=O)cc2)cc1. The molecule has 4 aromatic rings. The number of benzene rings is 4. The van der Waals surface area contributed by atoms with Crippen molar-refractivity contribution in [3.8, 4) is 0 Å². The molecule has 0 spiro atoms. The van der Waals surface area contributed by atoms with Gasteiger partial charge in [0.05, 0.1) is 16.2 Å². The van der Waals surface area contributed by atoms with E-state index in [2.05, 4.69) is 6.92 Å². The lowest BCUT2D eigenvalue weighted by Gasteiger charge is -2.22. The molecule has 0 amide bonds. The third-order valence-corrected chi connectivity index (χ3v) is 9.85. The number of allylic oxidation sites excluding steroid dienone is 2. The highest BCUT2D eigenvalue weighted by atomic mass is 31.2. The van der Waals surface area contributed by atoms with Gasteiger partial charge in [0.15, 0.2) is 11.5 Å². The van der Waals surface area contributed by atoms with Crippen molar-refractivity contribution in [1.29, 1.82) is 0 Å². The van der Waals surface area contributed by atoms with Gasteiger partial charge in [-0.2, -0.15) is 0 Å². The van der Waals surface area contributed by atoms with E-state index in [9.17, 15) is 23.7 Å². The largest absolute Gasteiger partial charge is 0.462 e. The van der Waals surface area contributed by atoms with Crippen molar-refractivity contribution >= 4 is 41.5 Å². The monoisotopic (exact) mass is 666 g/mol. The van der Waals surface area contributed by atoms with Gasteiger partial charge in [-0.15, -0.1) is 0 Å². The van der Waals surface area contributed by atoms with Gasteiger partial charge in [-0.25, -0.2) is 4.79 Å². The molecule has 0 bridgehead atoms. The molecule has 0 heterocycles.